The molecule has 2 aromatic heterocycles. The van der Waals surface area contributed by atoms with Crippen LogP contribution in [0.2, 0.25) is 0 Å². The summed E-state index contributed by atoms with van der Waals surface area (Å²) >= 11 is 0. The van der Waals surface area contributed by atoms with Gasteiger partial charge in [0.15, 0.2) is 0 Å². The molecule has 7 heteroatoms. The fraction of sp³-hybridized carbons (Fsp3) is 0.585. The van der Waals surface area contributed by atoms with Crippen molar-refractivity contribution in [3.63, 3.8) is 0 Å². The maximum Gasteiger partial charge on any atom is 0.310 e. The zero-order chi connectivity index (χ0) is 32.8. The van der Waals surface area contributed by atoms with E-state index in [1.165, 1.54) is 75.7 Å². The molecule has 4 aromatic rings. The van der Waals surface area contributed by atoms with Gasteiger partial charge < -0.3 is 24.3 Å². The Morgan fingerprint density at radius 3 is 2.52 bits per heavy atom. The van der Waals surface area contributed by atoms with Crippen LogP contribution in [0, 0.1) is 29.6 Å². The standard InChI is InChI=1S/C41H52N4O3/c1-6-23-14-22-15-32-38-26(12-13-45(20-22)40(23)32)28-19-36(47-4)29(17-34(28)43-38)30-16-27-24(7-2)21-44(3)35(37(27)41(46)48-5)18-31-25-10-8-9-11-33(25)42-39(30)31/h8-11,17,19,22-24,27,30,32,35,37,40,42-43H,6-7,12-16,18,20-21H2,1-5H3/t22-,23+,24-,27-,30+,32+,35-,37?,40+/m1/s1. The monoisotopic (exact) mass is 648 g/mol. The van der Waals surface area contributed by atoms with Crippen LogP contribution >= 0.6 is 0 Å². The summed E-state index contributed by atoms with van der Waals surface area (Å²) < 4.78 is 11.9. The third kappa shape index (κ3) is 4.49. The van der Waals surface area contributed by atoms with Gasteiger partial charge in [0.25, 0.3) is 0 Å². The number of aromatic nitrogens is 2. The summed E-state index contributed by atoms with van der Waals surface area (Å²) in [5.74, 6) is 3.63. The second-order valence-corrected chi connectivity index (χ2v) is 15.9. The van der Waals surface area contributed by atoms with Crippen LogP contribution in [-0.4, -0.2) is 78.7 Å². The van der Waals surface area contributed by atoms with Gasteiger partial charge in [-0.1, -0.05) is 44.9 Å². The summed E-state index contributed by atoms with van der Waals surface area (Å²) in [7, 11) is 5.62. The number of nitrogens with one attached hydrogen (secondary N) is 2. The van der Waals surface area contributed by atoms with Crippen molar-refractivity contribution in [2.75, 3.05) is 40.9 Å². The van der Waals surface area contributed by atoms with Crippen molar-refractivity contribution < 1.29 is 14.3 Å². The number of likely N-dealkylation sites (N-methyl/N-ethyl adjacent to an activating group) is 1. The van der Waals surface area contributed by atoms with E-state index in [1.54, 1.807) is 7.11 Å². The molecule has 4 fully saturated rings. The van der Waals surface area contributed by atoms with E-state index in [-0.39, 0.29) is 29.8 Å². The summed E-state index contributed by atoms with van der Waals surface area (Å²) in [6.07, 6.45) is 7.83. The van der Waals surface area contributed by atoms with Crippen LogP contribution in [0.4, 0.5) is 0 Å². The molecule has 254 valence electrons. The molecule has 6 heterocycles. The van der Waals surface area contributed by atoms with E-state index in [1.807, 2.05) is 7.11 Å². The van der Waals surface area contributed by atoms with Crippen LogP contribution in [0.15, 0.2) is 36.4 Å². The molecule has 4 aliphatic heterocycles. The first-order valence-electron chi connectivity index (χ1n) is 18.8. The highest BCUT2D eigenvalue weighted by atomic mass is 16.5. The Bertz CT molecular complexity index is 1870. The Kier molecular flexibility index (Phi) is 7.47. The van der Waals surface area contributed by atoms with Crippen molar-refractivity contribution in [3.05, 3.63) is 64.5 Å². The minimum atomic E-state index is -0.171. The van der Waals surface area contributed by atoms with Crippen molar-refractivity contribution in [1.29, 1.82) is 0 Å². The van der Waals surface area contributed by atoms with Gasteiger partial charge in [-0.2, -0.15) is 0 Å². The normalized spacial score (nSPS) is 34.3. The summed E-state index contributed by atoms with van der Waals surface area (Å²) in [6.45, 7) is 8.13. The lowest BCUT2D eigenvalue weighted by molar-refractivity contribution is -0.155. The van der Waals surface area contributed by atoms with Crippen LogP contribution in [-0.2, 0) is 22.4 Å². The number of hydrogen-bond acceptors (Lipinski definition) is 5. The van der Waals surface area contributed by atoms with Crippen molar-refractivity contribution >= 4 is 27.8 Å². The molecule has 1 saturated carbocycles. The van der Waals surface area contributed by atoms with E-state index in [9.17, 15) is 4.79 Å². The second kappa shape index (κ2) is 11.7. The number of aromatic amines is 2. The van der Waals surface area contributed by atoms with Gasteiger partial charge in [0.1, 0.15) is 5.75 Å². The smallest absolute Gasteiger partial charge is 0.310 e. The fourth-order valence-corrected chi connectivity index (χ4v) is 11.8. The number of fused-ring (bicyclic) bond motifs is 9. The number of ether oxygens (including phenoxy) is 2. The Balaban J connectivity index is 1.22. The number of benzene rings is 2. The Morgan fingerprint density at radius 1 is 0.917 bits per heavy atom. The number of rotatable bonds is 5. The predicted molar refractivity (Wildman–Crippen MR) is 191 cm³/mol. The van der Waals surface area contributed by atoms with Crippen molar-refractivity contribution in [1.82, 2.24) is 19.8 Å². The molecule has 0 radical (unpaired) electrons. The fourth-order valence-electron chi connectivity index (χ4n) is 11.8. The number of likely N-dealkylation sites (tertiary alicyclic amines) is 1. The maximum absolute atomic E-state index is 13.7. The molecule has 10 atom stereocenters. The van der Waals surface area contributed by atoms with Crippen LogP contribution in [0.5, 0.6) is 5.75 Å². The van der Waals surface area contributed by atoms with E-state index in [2.05, 4.69) is 77.1 Å². The predicted octanol–water partition coefficient (Wildman–Crippen LogP) is 7.24. The number of para-hydroxylation sites is 1. The lowest BCUT2D eigenvalue weighted by Gasteiger charge is -2.53. The average molecular weight is 649 g/mol. The molecule has 0 amide bonds. The Labute approximate surface area is 284 Å². The molecule has 2 N–H and O–H groups in total. The van der Waals surface area contributed by atoms with Crippen LogP contribution in [0.1, 0.15) is 85.9 Å². The van der Waals surface area contributed by atoms with Crippen molar-refractivity contribution in [2.45, 2.75) is 82.7 Å². The number of H-pyrrole nitrogens is 2. The van der Waals surface area contributed by atoms with E-state index >= 15 is 0 Å². The average Bonchev–Trinajstić information content (AvgIpc) is 3.62. The molecule has 48 heavy (non-hydrogen) atoms. The number of esters is 1. The number of hydrogen-bond donors (Lipinski definition) is 2. The first-order chi connectivity index (χ1) is 23.4. The third-order valence-corrected chi connectivity index (χ3v) is 13.9. The zero-order valence-corrected chi connectivity index (χ0v) is 29.4. The van der Waals surface area contributed by atoms with E-state index in [0.717, 1.165) is 56.4 Å². The lowest BCUT2D eigenvalue weighted by Crippen LogP contribution is -2.56. The highest BCUT2D eigenvalue weighted by molar-refractivity contribution is 5.89. The maximum atomic E-state index is 13.7. The van der Waals surface area contributed by atoms with Gasteiger partial charge in [0.05, 0.1) is 20.1 Å². The summed E-state index contributed by atoms with van der Waals surface area (Å²) in [4.78, 5) is 27.0. The molecule has 6 aliphatic rings. The van der Waals surface area contributed by atoms with Gasteiger partial charge in [-0.3, -0.25) is 9.69 Å². The Hall–Kier alpha value is -3.29. The second-order valence-electron chi connectivity index (χ2n) is 15.9. The van der Waals surface area contributed by atoms with Crippen LogP contribution < -0.4 is 4.74 Å². The molecule has 2 unspecified atom stereocenters. The Morgan fingerprint density at radius 2 is 1.73 bits per heavy atom. The van der Waals surface area contributed by atoms with Gasteiger partial charge in [-0.25, -0.2) is 0 Å². The van der Waals surface area contributed by atoms with Gasteiger partial charge in [-0.15, -0.1) is 0 Å². The molecular formula is C41H52N4O3. The van der Waals surface area contributed by atoms with Gasteiger partial charge in [-0.05, 0) is 92.1 Å². The number of carbonyl (C=O) groups is 1. The van der Waals surface area contributed by atoms with Crippen molar-refractivity contribution in [3.8, 4) is 5.75 Å². The van der Waals surface area contributed by atoms with Crippen molar-refractivity contribution in [2.24, 2.45) is 29.6 Å². The third-order valence-electron chi connectivity index (χ3n) is 13.9. The summed E-state index contributed by atoms with van der Waals surface area (Å²) in [5.41, 5.74) is 9.28. The number of methoxy groups -OCH3 is 2. The largest absolute Gasteiger partial charge is 0.496 e. The molecule has 2 aromatic carbocycles. The zero-order valence-electron chi connectivity index (χ0n) is 29.4. The molecule has 7 nitrogen and oxygen atoms in total. The molecule has 3 saturated heterocycles. The van der Waals surface area contributed by atoms with E-state index in [4.69, 9.17) is 9.47 Å². The van der Waals surface area contributed by atoms with Crippen LogP contribution in [0.25, 0.3) is 21.8 Å². The van der Waals surface area contributed by atoms with E-state index < -0.39 is 0 Å². The first-order valence-corrected chi connectivity index (χ1v) is 18.8. The van der Waals surface area contributed by atoms with Gasteiger partial charge in [0, 0.05) is 82.3 Å². The van der Waals surface area contributed by atoms with Gasteiger partial charge >= 0.3 is 5.97 Å². The summed E-state index contributed by atoms with van der Waals surface area (Å²) in [6, 6.07) is 14.3. The number of piperidine rings is 3. The minimum absolute atomic E-state index is 0.0613. The first kappa shape index (κ1) is 30.7. The topological polar surface area (TPSA) is 73.6 Å². The van der Waals surface area contributed by atoms with E-state index in [0.29, 0.717) is 17.9 Å². The van der Waals surface area contributed by atoms with Gasteiger partial charge in [0.2, 0.25) is 0 Å². The molecule has 10 rings (SSSR count). The molecule has 6 bridgehead atoms. The molecule has 0 spiro atoms. The lowest BCUT2D eigenvalue weighted by atomic mass is 9.64. The molecule has 2 aliphatic carbocycles. The highest BCUT2D eigenvalue weighted by Crippen LogP contribution is 2.53. The number of nitrogens with zero attached hydrogens (tertiary/aromatic N) is 2. The quantitative estimate of drug-likeness (QED) is 0.223. The summed E-state index contributed by atoms with van der Waals surface area (Å²) in [5, 5.41) is 2.60. The molecular weight excluding hydrogens is 596 g/mol. The highest BCUT2D eigenvalue weighted by Gasteiger charge is 2.51. The minimum Gasteiger partial charge on any atom is -0.496 e. The van der Waals surface area contributed by atoms with Crippen LogP contribution in [0.3, 0.4) is 0 Å². The SMILES string of the molecule is CC[C@H]1C[C@@H]2C[C@H]3c4[nH]c5cc([C@@H]6C[C@H]7C(C(=O)OC)[C@@H](Cc8c6[nH]c6ccccc86)N(C)C[C@H]7CC)c(OC)cc5c4CCN(C2)[C@@H]13. The number of carbonyl (C=O) groups excluding carboxylic acids is 1.